The van der Waals surface area contributed by atoms with Crippen molar-refractivity contribution in [3.63, 3.8) is 0 Å². The average molecular weight is 542 g/mol. The number of hydrogen-bond donors (Lipinski definition) is 3. The number of benzene rings is 3. The van der Waals surface area contributed by atoms with Crippen molar-refractivity contribution in [2.24, 2.45) is 15.8 Å². The lowest BCUT2D eigenvalue weighted by Gasteiger charge is -2.10. The quantitative estimate of drug-likeness (QED) is 0.162. The van der Waals surface area contributed by atoms with Crippen molar-refractivity contribution in [3.05, 3.63) is 107 Å². The van der Waals surface area contributed by atoms with Gasteiger partial charge in [0.05, 0.1) is 33.4 Å². The van der Waals surface area contributed by atoms with Gasteiger partial charge in [-0.2, -0.15) is 18.3 Å². The summed E-state index contributed by atoms with van der Waals surface area (Å²) in [7, 11) is 0. The second kappa shape index (κ2) is 12.7. The number of nitrogens with one attached hydrogen (secondary N) is 2. The molecule has 0 spiro atoms. The largest absolute Gasteiger partial charge is 0.455 e. The molecule has 0 aliphatic heterocycles. The van der Waals surface area contributed by atoms with Crippen LogP contribution in [-0.4, -0.2) is 35.9 Å². The lowest BCUT2D eigenvalue weighted by Crippen LogP contribution is -2.21. The molecule has 0 aromatic heterocycles. The number of nitrogens with zero attached hydrogens (tertiary/aromatic N) is 2. The smallest absolute Gasteiger partial charge is 0.430 e. The van der Waals surface area contributed by atoms with Gasteiger partial charge < -0.3 is 15.9 Å². The Kier molecular flexibility index (Phi) is 9.39. The maximum atomic E-state index is 13.1. The molecule has 0 saturated heterocycles. The van der Waals surface area contributed by atoms with E-state index in [0.29, 0.717) is 11.8 Å². The van der Waals surface area contributed by atoms with E-state index in [4.69, 9.17) is 27.5 Å². The molecule has 4 N–H and O–H groups in total. The Labute approximate surface area is 222 Å². The number of carbonyl (C=O) groups excluding carboxylic acids is 1. The number of carbonyl (C=O) groups is 1. The van der Waals surface area contributed by atoms with Gasteiger partial charge in [-0.15, -0.1) is 0 Å². The van der Waals surface area contributed by atoms with Crippen LogP contribution in [0.3, 0.4) is 0 Å². The van der Waals surface area contributed by atoms with Crippen LogP contribution in [0.5, 0.6) is 0 Å². The first-order chi connectivity index (χ1) is 18.0. The van der Waals surface area contributed by atoms with Crippen LogP contribution in [0.2, 0.25) is 5.02 Å². The summed E-state index contributed by atoms with van der Waals surface area (Å²) >= 11 is 6.12. The third kappa shape index (κ3) is 8.04. The van der Waals surface area contributed by atoms with E-state index in [-0.39, 0.29) is 45.6 Å². The Morgan fingerprint density at radius 1 is 1.03 bits per heavy atom. The van der Waals surface area contributed by atoms with Crippen molar-refractivity contribution >= 4 is 46.1 Å². The highest BCUT2D eigenvalue weighted by Gasteiger charge is 2.31. The Hall–Kier alpha value is -4.44. The molecule has 3 rings (SSSR count). The minimum Gasteiger partial charge on any atom is -0.455 e. The molecule has 0 amide bonds. The van der Waals surface area contributed by atoms with Crippen molar-refractivity contribution in [3.8, 4) is 0 Å². The number of alkyl halides is 3. The zero-order valence-corrected chi connectivity index (χ0v) is 20.8. The molecule has 0 aliphatic carbocycles. The number of aliphatic imine (C=N–C) groups is 1. The molecule has 3 aromatic carbocycles. The molecule has 0 fully saturated rings. The molecule has 11 heteroatoms. The summed E-state index contributed by atoms with van der Waals surface area (Å²) in [4.78, 5) is 16.8. The fourth-order valence-corrected chi connectivity index (χ4v) is 3.12. The minimum atomic E-state index is -4.76. The summed E-state index contributed by atoms with van der Waals surface area (Å²) in [6, 6.07) is 21.0. The summed E-state index contributed by atoms with van der Waals surface area (Å²) in [5.74, 6) is -0.708. The van der Waals surface area contributed by atoms with E-state index in [2.05, 4.69) is 15.5 Å². The van der Waals surface area contributed by atoms with E-state index in [1.165, 1.54) is 31.2 Å². The third-order valence-corrected chi connectivity index (χ3v) is 5.32. The summed E-state index contributed by atoms with van der Waals surface area (Å²) in [5.41, 5.74) is 8.23. The van der Waals surface area contributed by atoms with Crippen LogP contribution in [0.15, 0.2) is 101 Å². The molecule has 0 radical (unpaired) electrons. The normalized spacial score (nSPS) is 12.7. The average Bonchev–Trinajstić information content (AvgIpc) is 2.89. The summed E-state index contributed by atoms with van der Waals surface area (Å²) in [6.45, 7) is 1.24. The molecule has 0 saturated carbocycles. The highest BCUT2D eigenvalue weighted by molar-refractivity contribution is 6.41. The fraction of sp³-hybridized carbons (Fsp3) is 0.111. The molecule has 0 unspecified atom stereocenters. The standard InChI is InChI=1S/C27H23ClF3N5O2/c1-17(32)24(36-35-20-7-3-2-4-8-20)16-38-26(37)19-13-11-18(12-14-19)23(15-25(33)27(29,30)31)34-22-10-6-5-9-21(22)28/h2-15,32,35H,16,33H2,1H3/b25-15?,32-17?,34-23?,36-24-. The highest BCUT2D eigenvalue weighted by atomic mass is 35.5. The SMILES string of the molecule is CC(=N)/C(COC(=O)c1ccc(C(C=C(N)C(F)(F)F)=Nc2ccccc2Cl)cc1)=N\Nc1ccccc1. The van der Waals surface area contributed by atoms with Crippen LogP contribution in [0.1, 0.15) is 22.8 Å². The van der Waals surface area contributed by atoms with E-state index in [1.807, 2.05) is 18.2 Å². The second-order valence-corrected chi connectivity index (χ2v) is 8.27. The number of allylic oxidation sites excluding steroid dienone is 2. The van der Waals surface area contributed by atoms with Crippen molar-refractivity contribution < 1.29 is 22.7 Å². The van der Waals surface area contributed by atoms with Gasteiger partial charge in [-0.25, -0.2) is 9.79 Å². The van der Waals surface area contributed by atoms with Crippen LogP contribution < -0.4 is 11.2 Å². The minimum absolute atomic E-state index is 0.103. The molecular weight excluding hydrogens is 519 g/mol. The molecule has 0 heterocycles. The Morgan fingerprint density at radius 2 is 1.63 bits per heavy atom. The van der Waals surface area contributed by atoms with Gasteiger partial charge in [-0.3, -0.25) is 5.43 Å². The molecule has 0 aliphatic rings. The number of hydrogen-bond acceptors (Lipinski definition) is 7. The highest BCUT2D eigenvalue weighted by Crippen LogP contribution is 2.27. The zero-order chi connectivity index (χ0) is 27.7. The predicted molar refractivity (Wildman–Crippen MR) is 144 cm³/mol. The van der Waals surface area contributed by atoms with Crippen LogP contribution in [0.4, 0.5) is 24.5 Å². The zero-order valence-electron chi connectivity index (χ0n) is 20.1. The first-order valence-corrected chi connectivity index (χ1v) is 11.5. The van der Waals surface area contributed by atoms with E-state index < -0.39 is 17.8 Å². The third-order valence-electron chi connectivity index (χ3n) is 5.00. The monoisotopic (exact) mass is 541 g/mol. The number of anilines is 1. The molecule has 3 aromatic rings. The predicted octanol–water partition coefficient (Wildman–Crippen LogP) is 6.53. The second-order valence-electron chi connectivity index (χ2n) is 7.86. The Bertz CT molecular complexity index is 1390. The van der Waals surface area contributed by atoms with Crippen LogP contribution in [-0.2, 0) is 4.74 Å². The van der Waals surface area contributed by atoms with Crippen molar-refractivity contribution in [2.45, 2.75) is 13.1 Å². The lowest BCUT2D eigenvalue weighted by atomic mass is 10.1. The number of hydrazone groups is 1. The topological polar surface area (TPSA) is 113 Å². The van der Waals surface area contributed by atoms with Crippen LogP contribution in [0, 0.1) is 5.41 Å². The number of para-hydroxylation sites is 2. The van der Waals surface area contributed by atoms with Crippen LogP contribution >= 0.6 is 11.6 Å². The van der Waals surface area contributed by atoms with E-state index in [0.717, 1.165) is 0 Å². The maximum absolute atomic E-state index is 13.1. The molecular formula is C27H23ClF3N5O2. The Balaban J connectivity index is 1.79. The molecule has 7 nitrogen and oxygen atoms in total. The molecule has 0 bridgehead atoms. The Morgan fingerprint density at radius 3 is 2.24 bits per heavy atom. The summed E-state index contributed by atoms with van der Waals surface area (Å²) in [5, 5.41) is 12.2. The van der Waals surface area contributed by atoms with Gasteiger partial charge in [0.1, 0.15) is 18.0 Å². The van der Waals surface area contributed by atoms with Crippen molar-refractivity contribution in [1.82, 2.24) is 0 Å². The fourth-order valence-electron chi connectivity index (χ4n) is 2.94. The molecule has 38 heavy (non-hydrogen) atoms. The number of nitrogens with two attached hydrogens (primary N) is 1. The van der Waals surface area contributed by atoms with E-state index in [1.54, 1.807) is 36.4 Å². The number of ether oxygens (including phenoxy) is 1. The maximum Gasteiger partial charge on any atom is 0.430 e. The van der Waals surface area contributed by atoms with Gasteiger partial charge in [-0.05, 0) is 49.4 Å². The summed E-state index contributed by atoms with van der Waals surface area (Å²) < 4.78 is 44.6. The van der Waals surface area contributed by atoms with Gasteiger partial charge in [0.15, 0.2) is 0 Å². The summed E-state index contributed by atoms with van der Waals surface area (Å²) in [6.07, 6.45) is -4.06. The lowest BCUT2D eigenvalue weighted by molar-refractivity contribution is -0.0925. The van der Waals surface area contributed by atoms with Crippen LogP contribution in [0.25, 0.3) is 0 Å². The van der Waals surface area contributed by atoms with Gasteiger partial charge in [0.2, 0.25) is 0 Å². The molecule has 196 valence electrons. The molecule has 0 atom stereocenters. The van der Waals surface area contributed by atoms with Gasteiger partial charge >= 0.3 is 12.1 Å². The van der Waals surface area contributed by atoms with E-state index in [9.17, 15) is 18.0 Å². The number of halogens is 4. The number of rotatable bonds is 9. The van der Waals surface area contributed by atoms with Gasteiger partial charge in [-0.1, -0.05) is 54.1 Å². The number of esters is 1. The van der Waals surface area contributed by atoms with E-state index >= 15 is 0 Å². The van der Waals surface area contributed by atoms with Gasteiger partial charge in [0, 0.05) is 5.56 Å². The first kappa shape index (κ1) is 28.1. The first-order valence-electron chi connectivity index (χ1n) is 11.1. The van der Waals surface area contributed by atoms with Gasteiger partial charge in [0.25, 0.3) is 0 Å². The van der Waals surface area contributed by atoms with Crippen molar-refractivity contribution in [1.29, 1.82) is 5.41 Å². The van der Waals surface area contributed by atoms with Crippen molar-refractivity contribution in [2.75, 3.05) is 12.0 Å².